The Hall–Kier alpha value is -1.26. The molecule has 2 unspecified atom stereocenters. The Balaban J connectivity index is 1.56. The van der Waals surface area contributed by atoms with Crippen molar-refractivity contribution >= 4 is 0 Å². The molecule has 2 atom stereocenters. The van der Waals surface area contributed by atoms with Gasteiger partial charge in [-0.3, -0.25) is 0 Å². The SMILES string of the molecule is CC1(C)CCC(NCC(O)c2ccc3c(c2)OCO3)C1. The molecule has 4 nitrogen and oxygen atoms in total. The molecule has 1 aromatic rings. The van der Waals surface area contributed by atoms with E-state index in [1.54, 1.807) is 0 Å². The first-order chi connectivity index (χ1) is 9.53. The molecule has 3 rings (SSSR count). The van der Waals surface area contributed by atoms with Crippen molar-refractivity contribution in [1.29, 1.82) is 0 Å². The largest absolute Gasteiger partial charge is 0.454 e. The average molecular weight is 277 g/mol. The van der Waals surface area contributed by atoms with Crippen LogP contribution in [0.1, 0.15) is 44.8 Å². The first kappa shape index (κ1) is 13.7. The van der Waals surface area contributed by atoms with Gasteiger partial charge in [0.1, 0.15) is 0 Å². The summed E-state index contributed by atoms with van der Waals surface area (Å²) in [6.45, 7) is 5.47. The van der Waals surface area contributed by atoms with Crippen LogP contribution in [-0.4, -0.2) is 24.5 Å². The van der Waals surface area contributed by atoms with E-state index >= 15 is 0 Å². The lowest BCUT2D eigenvalue weighted by Crippen LogP contribution is -2.31. The van der Waals surface area contributed by atoms with Gasteiger partial charge in [-0.2, -0.15) is 0 Å². The van der Waals surface area contributed by atoms with E-state index in [1.807, 2.05) is 18.2 Å². The van der Waals surface area contributed by atoms with Crippen molar-refractivity contribution in [1.82, 2.24) is 5.32 Å². The number of fused-ring (bicyclic) bond motifs is 1. The minimum atomic E-state index is -0.506. The quantitative estimate of drug-likeness (QED) is 0.888. The van der Waals surface area contributed by atoms with E-state index in [1.165, 1.54) is 19.3 Å². The van der Waals surface area contributed by atoms with Crippen molar-refractivity contribution in [2.45, 2.75) is 45.3 Å². The van der Waals surface area contributed by atoms with Gasteiger partial charge in [-0.1, -0.05) is 19.9 Å². The van der Waals surface area contributed by atoms with E-state index < -0.39 is 6.10 Å². The van der Waals surface area contributed by atoms with Gasteiger partial charge in [-0.05, 0) is 42.4 Å². The van der Waals surface area contributed by atoms with Crippen LogP contribution in [0.5, 0.6) is 11.5 Å². The van der Waals surface area contributed by atoms with Crippen molar-refractivity contribution in [3.8, 4) is 11.5 Å². The number of hydrogen-bond acceptors (Lipinski definition) is 4. The molecule has 4 heteroatoms. The van der Waals surface area contributed by atoms with Crippen molar-refractivity contribution in [2.75, 3.05) is 13.3 Å². The second-order valence-corrected chi connectivity index (χ2v) is 6.64. The third-order valence-corrected chi connectivity index (χ3v) is 4.35. The van der Waals surface area contributed by atoms with Crippen LogP contribution >= 0.6 is 0 Å². The summed E-state index contributed by atoms with van der Waals surface area (Å²) >= 11 is 0. The van der Waals surface area contributed by atoms with Gasteiger partial charge < -0.3 is 19.9 Å². The van der Waals surface area contributed by atoms with Gasteiger partial charge >= 0.3 is 0 Å². The molecular weight excluding hydrogens is 254 g/mol. The number of rotatable bonds is 4. The molecule has 1 aliphatic heterocycles. The minimum Gasteiger partial charge on any atom is -0.454 e. The highest BCUT2D eigenvalue weighted by Crippen LogP contribution is 2.37. The summed E-state index contributed by atoms with van der Waals surface area (Å²) in [5.74, 6) is 1.48. The number of nitrogens with one attached hydrogen (secondary N) is 1. The van der Waals surface area contributed by atoms with Gasteiger partial charge in [-0.15, -0.1) is 0 Å². The highest BCUT2D eigenvalue weighted by molar-refractivity contribution is 5.45. The zero-order chi connectivity index (χ0) is 14.2. The zero-order valence-corrected chi connectivity index (χ0v) is 12.2. The molecule has 110 valence electrons. The number of hydrogen-bond donors (Lipinski definition) is 2. The first-order valence-corrected chi connectivity index (χ1v) is 7.34. The maximum absolute atomic E-state index is 10.3. The summed E-state index contributed by atoms with van der Waals surface area (Å²) in [5.41, 5.74) is 1.31. The molecule has 0 saturated heterocycles. The van der Waals surface area contributed by atoms with Gasteiger partial charge in [0.2, 0.25) is 6.79 Å². The van der Waals surface area contributed by atoms with E-state index in [-0.39, 0.29) is 6.79 Å². The van der Waals surface area contributed by atoms with Crippen molar-refractivity contribution in [3.05, 3.63) is 23.8 Å². The van der Waals surface area contributed by atoms with Crippen LogP contribution in [-0.2, 0) is 0 Å². The fourth-order valence-electron chi connectivity index (χ4n) is 3.13. The molecule has 0 bridgehead atoms. The van der Waals surface area contributed by atoms with Crippen LogP contribution in [0.4, 0.5) is 0 Å². The molecule has 0 aromatic heterocycles. The lowest BCUT2D eigenvalue weighted by atomic mass is 9.92. The molecular formula is C16H23NO3. The van der Waals surface area contributed by atoms with Crippen LogP contribution < -0.4 is 14.8 Å². The Labute approximate surface area is 120 Å². The smallest absolute Gasteiger partial charge is 0.231 e. The summed E-state index contributed by atoms with van der Waals surface area (Å²) in [6.07, 6.45) is 3.13. The van der Waals surface area contributed by atoms with Gasteiger partial charge in [-0.25, -0.2) is 0 Å². The second-order valence-electron chi connectivity index (χ2n) is 6.64. The Morgan fingerprint density at radius 3 is 2.90 bits per heavy atom. The molecule has 0 spiro atoms. The fraction of sp³-hybridized carbons (Fsp3) is 0.625. The van der Waals surface area contributed by atoms with Crippen LogP contribution in [0.2, 0.25) is 0 Å². The molecule has 1 fully saturated rings. The van der Waals surface area contributed by atoms with E-state index in [2.05, 4.69) is 19.2 Å². The maximum atomic E-state index is 10.3. The molecule has 20 heavy (non-hydrogen) atoms. The zero-order valence-electron chi connectivity index (χ0n) is 12.2. The average Bonchev–Trinajstić information content (AvgIpc) is 3.01. The first-order valence-electron chi connectivity index (χ1n) is 7.34. The van der Waals surface area contributed by atoms with E-state index in [0.717, 1.165) is 17.1 Å². The van der Waals surface area contributed by atoms with E-state index in [9.17, 15) is 5.11 Å². The molecule has 2 N–H and O–H groups in total. The van der Waals surface area contributed by atoms with Crippen molar-refractivity contribution in [3.63, 3.8) is 0 Å². The van der Waals surface area contributed by atoms with Crippen LogP contribution in [0.15, 0.2) is 18.2 Å². The van der Waals surface area contributed by atoms with Crippen molar-refractivity contribution < 1.29 is 14.6 Å². The molecule has 1 aliphatic carbocycles. The Bertz CT molecular complexity index is 487. The molecule has 1 saturated carbocycles. The second kappa shape index (κ2) is 5.26. The standard InChI is InChI=1S/C16H23NO3/c1-16(2)6-5-12(8-16)17-9-13(18)11-3-4-14-15(7-11)20-10-19-14/h3-4,7,12-13,17-18H,5-6,8-10H2,1-2H3. The summed E-state index contributed by atoms with van der Waals surface area (Å²) in [7, 11) is 0. The third-order valence-electron chi connectivity index (χ3n) is 4.35. The molecule has 0 radical (unpaired) electrons. The van der Waals surface area contributed by atoms with Gasteiger partial charge in [0, 0.05) is 12.6 Å². The van der Waals surface area contributed by atoms with E-state index in [0.29, 0.717) is 18.0 Å². The molecule has 0 amide bonds. The number of ether oxygens (including phenoxy) is 2. The molecule has 1 aromatic carbocycles. The van der Waals surface area contributed by atoms with E-state index in [4.69, 9.17) is 9.47 Å². The van der Waals surface area contributed by atoms with Crippen LogP contribution in [0.25, 0.3) is 0 Å². The minimum absolute atomic E-state index is 0.268. The highest BCUT2D eigenvalue weighted by Gasteiger charge is 2.30. The number of benzene rings is 1. The van der Waals surface area contributed by atoms with Gasteiger partial charge in [0.15, 0.2) is 11.5 Å². The summed E-state index contributed by atoms with van der Waals surface area (Å²) in [6, 6.07) is 6.15. The van der Waals surface area contributed by atoms with Gasteiger partial charge in [0.25, 0.3) is 0 Å². The Morgan fingerprint density at radius 2 is 2.15 bits per heavy atom. The molecule has 2 aliphatic rings. The monoisotopic (exact) mass is 277 g/mol. The maximum Gasteiger partial charge on any atom is 0.231 e. The number of aliphatic hydroxyl groups excluding tert-OH is 1. The fourth-order valence-corrected chi connectivity index (χ4v) is 3.13. The van der Waals surface area contributed by atoms with Crippen LogP contribution in [0.3, 0.4) is 0 Å². The predicted molar refractivity (Wildman–Crippen MR) is 76.9 cm³/mol. The van der Waals surface area contributed by atoms with Crippen LogP contribution in [0, 0.1) is 5.41 Å². The summed E-state index contributed by atoms with van der Waals surface area (Å²) < 4.78 is 10.6. The van der Waals surface area contributed by atoms with Crippen molar-refractivity contribution in [2.24, 2.45) is 5.41 Å². The topological polar surface area (TPSA) is 50.7 Å². The number of aliphatic hydroxyl groups is 1. The van der Waals surface area contributed by atoms with Gasteiger partial charge in [0.05, 0.1) is 6.10 Å². The lowest BCUT2D eigenvalue weighted by Gasteiger charge is -2.19. The normalized spacial score (nSPS) is 24.9. The highest BCUT2D eigenvalue weighted by atomic mass is 16.7. The molecule has 1 heterocycles. The predicted octanol–water partition coefficient (Wildman–Crippen LogP) is 2.62. The Kier molecular flexibility index (Phi) is 3.61. The summed E-state index contributed by atoms with van der Waals surface area (Å²) in [5, 5.41) is 13.8. The summed E-state index contributed by atoms with van der Waals surface area (Å²) in [4.78, 5) is 0. The Morgan fingerprint density at radius 1 is 1.35 bits per heavy atom. The lowest BCUT2D eigenvalue weighted by molar-refractivity contribution is 0.166. The third kappa shape index (κ3) is 2.91.